The van der Waals surface area contributed by atoms with Crippen molar-refractivity contribution >= 4 is 17.2 Å². The Morgan fingerprint density at radius 3 is 3.09 bits per heavy atom. The Morgan fingerprint density at radius 2 is 2.26 bits per heavy atom. The number of rotatable bonds is 2. The molecule has 2 fully saturated rings. The van der Waals surface area contributed by atoms with Gasteiger partial charge in [-0.25, -0.2) is 4.98 Å². The van der Waals surface area contributed by atoms with E-state index in [9.17, 15) is 4.79 Å². The summed E-state index contributed by atoms with van der Waals surface area (Å²) >= 11 is 1.51. The van der Waals surface area contributed by atoms with Crippen LogP contribution in [-0.2, 0) is 4.74 Å². The van der Waals surface area contributed by atoms with Crippen molar-refractivity contribution in [2.24, 2.45) is 0 Å². The van der Waals surface area contributed by atoms with Gasteiger partial charge in [0.15, 0.2) is 10.8 Å². The third kappa shape index (κ3) is 2.70. The van der Waals surface area contributed by atoms with E-state index in [2.05, 4.69) is 4.98 Å². The predicted molar refractivity (Wildman–Crippen MR) is 87.6 cm³/mol. The van der Waals surface area contributed by atoms with Crippen LogP contribution in [0.4, 0.5) is 0 Å². The highest BCUT2D eigenvalue weighted by Gasteiger charge is 2.38. The maximum absolute atomic E-state index is 13.0. The molecule has 2 aromatic rings. The van der Waals surface area contributed by atoms with Gasteiger partial charge in [0.05, 0.1) is 25.0 Å². The van der Waals surface area contributed by atoms with E-state index in [1.54, 1.807) is 6.26 Å². The topological polar surface area (TPSA) is 55.6 Å². The van der Waals surface area contributed by atoms with Gasteiger partial charge in [0.1, 0.15) is 5.69 Å². The second-order valence-corrected chi connectivity index (χ2v) is 7.36. The molecule has 0 bridgehead atoms. The van der Waals surface area contributed by atoms with Crippen LogP contribution in [0.3, 0.4) is 0 Å². The van der Waals surface area contributed by atoms with Crippen LogP contribution in [0.2, 0.25) is 0 Å². The molecule has 2 aromatic heterocycles. The molecule has 2 unspecified atom stereocenters. The van der Waals surface area contributed by atoms with Crippen LogP contribution in [0.1, 0.15) is 41.0 Å². The summed E-state index contributed by atoms with van der Waals surface area (Å²) < 4.78 is 11.3. The van der Waals surface area contributed by atoms with E-state index >= 15 is 0 Å². The molecule has 1 amide bonds. The highest BCUT2D eigenvalue weighted by Crippen LogP contribution is 2.32. The van der Waals surface area contributed by atoms with E-state index < -0.39 is 0 Å². The van der Waals surface area contributed by atoms with Gasteiger partial charge in [-0.05, 0) is 31.9 Å². The number of hydrogen-bond acceptors (Lipinski definition) is 5. The van der Waals surface area contributed by atoms with Gasteiger partial charge in [-0.2, -0.15) is 0 Å². The fraction of sp³-hybridized carbons (Fsp3) is 0.529. The van der Waals surface area contributed by atoms with Crippen molar-refractivity contribution in [1.82, 2.24) is 9.88 Å². The largest absolute Gasteiger partial charge is 0.462 e. The molecular formula is C17H20N2O3S. The van der Waals surface area contributed by atoms with E-state index in [0.717, 1.165) is 28.5 Å². The minimum absolute atomic E-state index is 0.0387. The number of hydrogen-bond donors (Lipinski definition) is 0. The lowest BCUT2D eigenvalue weighted by Gasteiger charge is -2.43. The van der Waals surface area contributed by atoms with Gasteiger partial charge in [-0.15, -0.1) is 11.3 Å². The van der Waals surface area contributed by atoms with Crippen LogP contribution in [-0.4, -0.2) is 41.1 Å². The van der Waals surface area contributed by atoms with Crippen molar-refractivity contribution < 1.29 is 13.9 Å². The van der Waals surface area contributed by atoms with Crippen molar-refractivity contribution in [2.45, 2.75) is 44.8 Å². The number of amides is 1. The van der Waals surface area contributed by atoms with Gasteiger partial charge in [0.2, 0.25) is 0 Å². The summed E-state index contributed by atoms with van der Waals surface area (Å²) in [6, 6.07) is 3.92. The highest BCUT2D eigenvalue weighted by molar-refractivity contribution is 7.15. The Balaban J connectivity index is 1.61. The number of ether oxygens (including phenoxy) is 1. The first-order valence-electron chi connectivity index (χ1n) is 8.18. The molecule has 3 heterocycles. The van der Waals surface area contributed by atoms with Crippen LogP contribution in [0, 0.1) is 6.92 Å². The van der Waals surface area contributed by atoms with E-state index in [-0.39, 0.29) is 18.1 Å². The zero-order valence-corrected chi connectivity index (χ0v) is 14.0. The average Bonchev–Trinajstić information content (AvgIpc) is 3.23. The fourth-order valence-corrected chi connectivity index (χ4v) is 4.46. The van der Waals surface area contributed by atoms with Gasteiger partial charge >= 0.3 is 0 Å². The van der Waals surface area contributed by atoms with Gasteiger partial charge in [0.25, 0.3) is 5.91 Å². The number of furan rings is 1. The van der Waals surface area contributed by atoms with Crippen molar-refractivity contribution in [3.63, 3.8) is 0 Å². The van der Waals surface area contributed by atoms with Gasteiger partial charge < -0.3 is 14.1 Å². The van der Waals surface area contributed by atoms with Crippen molar-refractivity contribution in [1.29, 1.82) is 0 Å². The molecule has 6 heteroatoms. The Bertz CT molecular complexity index is 693. The normalized spacial score (nSPS) is 24.5. The molecule has 2 atom stereocenters. The fourth-order valence-electron chi connectivity index (χ4n) is 3.59. The quantitative estimate of drug-likeness (QED) is 0.845. The summed E-state index contributed by atoms with van der Waals surface area (Å²) in [5.74, 6) is 0.756. The molecule has 1 aliphatic heterocycles. The third-order valence-corrected chi connectivity index (χ3v) is 5.71. The summed E-state index contributed by atoms with van der Waals surface area (Å²) in [6.07, 6.45) is 6.28. The molecule has 0 aromatic carbocycles. The summed E-state index contributed by atoms with van der Waals surface area (Å²) in [5.41, 5.74) is 0.563. The molecule has 0 radical (unpaired) electrons. The van der Waals surface area contributed by atoms with Gasteiger partial charge in [-0.1, -0.05) is 12.8 Å². The number of carbonyl (C=O) groups is 1. The van der Waals surface area contributed by atoms with E-state index in [0.29, 0.717) is 18.8 Å². The molecule has 4 rings (SSSR count). The lowest BCUT2D eigenvalue weighted by atomic mass is 9.90. The molecule has 2 aliphatic rings. The van der Waals surface area contributed by atoms with Crippen LogP contribution in [0.15, 0.2) is 22.8 Å². The molecular weight excluding hydrogens is 312 g/mol. The van der Waals surface area contributed by atoms with Crippen molar-refractivity contribution in [2.75, 3.05) is 13.2 Å². The maximum atomic E-state index is 13.0. The lowest BCUT2D eigenvalue weighted by molar-refractivity contribution is -0.0754. The van der Waals surface area contributed by atoms with Gasteiger partial charge in [-0.3, -0.25) is 4.79 Å². The molecule has 0 spiro atoms. The average molecular weight is 332 g/mol. The standard InChI is InChI=1S/C17H20N2O3S/c1-11-15(18-16(23-11)14-7-4-9-21-14)17(20)19-8-10-22-13-6-3-2-5-12(13)19/h4,7,9,12-13H,2-3,5-6,8,10H2,1H3. The number of thiazole rings is 1. The summed E-state index contributed by atoms with van der Waals surface area (Å²) in [6.45, 7) is 3.24. The van der Waals surface area contributed by atoms with Gasteiger partial charge in [0, 0.05) is 11.4 Å². The third-order valence-electron chi connectivity index (χ3n) is 4.72. The molecule has 1 aliphatic carbocycles. The predicted octanol–water partition coefficient (Wildman–Crippen LogP) is 3.50. The number of aryl methyl sites for hydroxylation is 1. The van der Waals surface area contributed by atoms with Crippen LogP contribution in [0.25, 0.3) is 10.8 Å². The Hall–Kier alpha value is -1.66. The number of morpholine rings is 1. The number of aromatic nitrogens is 1. The summed E-state index contributed by atoms with van der Waals surface area (Å²) in [4.78, 5) is 20.5. The second kappa shape index (κ2) is 6.09. The number of fused-ring (bicyclic) bond motifs is 1. The Kier molecular flexibility index (Phi) is 3.95. The Labute approximate surface area is 139 Å². The first kappa shape index (κ1) is 14.9. The van der Waals surface area contributed by atoms with E-state index in [4.69, 9.17) is 9.15 Å². The zero-order chi connectivity index (χ0) is 15.8. The summed E-state index contributed by atoms with van der Waals surface area (Å²) in [7, 11) is 0. The highest BCUT2D eigenvalue weighted by atomic mass is 32.1. The van der Waals surface area contributed by atoms with Crippen molar-refractivity contribution in [3.8, 4) is 10.8 Å². The van der Waals surface area contributed by atoms with E-state index in [1.165, 1.54) is 24.2 Å². The number of carbonyl (C=O) groups excluding carboxylic acids is 1. The van der Waals surface area contributed by atoms with Crippen LogP contribution in [0.5, 0.6) is 0 Å². The monoisotopic (exact) mass is 332 g/mol. The Morgan fingerprint density at radius 1 is 1.39 bits per heavy atom. The van der Waals surface area contributed by atoms with Crippen molar-refractivity contribution in [3.05, 3.63) is 29.0 Å². The van der Waals surface area contributed by atoms with Crippen LogP contribution >= 0.6 is 11.3 Å². The smallest absolute Gasteiger partial charge is 0.274 e. The minimum atomic E-state index is 0.0387. The van der Waals surface area contributed by atoms with Crippen LogP contribution < -0.4 is 0 Å². The first-order chi connectivity index (χ1) is 11.2. The molecule has 122 valence electrons. The maximum Gasteiger partial charge on any atom is 0.274 e. The zero-order valence-electron chi connectivity index (χ0n) is 13.2. The SMILES string of the molecule is Cc1sc(-c2ccco2)nc1C(=O)N1CCOC2CCCCC21. The molecule has 5 nitrogen and oxygen atoms in total. The molecule has 1 saturated heterocycles. The summed E-state index contributed by atoms with van der Waals surface area (Å²) in [5, 5.41) is 0.768. The molecule has 23 heavy (non-hydrogen) atoms. The number of nitrogens with zero attached hydrogens (tertiary/aromatic N) is 2. The second-order valence-electron chi connectivity index (χ2n) is 6.16. The molecule has 1 saturated carbocycles. The van der Waals surface area contributed by atoms with E-state index in [1.807, 2.05) is 24.0 Å². The first-order valence-corrected chi connectivity index (χ1v) is 8.99. The molecule has 0 N–H and O–H groups in total. The minimum Gasteiger partial charge on any atom is -0.462 e. The lowest BCUT2D eigenvalue weighted by Crippen LogP contribution is -2.55.